The zero-order valence-corrected chi connectivity index (χ0v) is 34.7. The number of nitrogens with one attached hydrogen (secondary N) is 1. The van der Waals surface area contributed by atoms with Crippen molar-refractivity contribution in [3.05, 3.63) is 36.5 Å². The van der Waals surface area contributed by atoms with E-state index in [-0.39, 0.29) is 25.7 Å². The summed E-state index contributed by atoms with van der Waals surface area (Å²) in [6.45, 7) is 4.11. The molecule has 9 heteroatoms. The van der Waals surface area contributed by atoms with Gasteiger partial charge in [0.05, 0.1) is 25.4 Å². The summed E-state index contributed by atoms with van der Waals surface area (Å²) in [7, 11) is -4.35. The van der Waals surface area contributed by atoms with Crippen LogP contribution >= 0.6 is 7.82 Å². The first-order valence-corrected chi connectivity index (χ1v) is 23.1. The standard InChI is InChI=1S/C43H83N2O6P/c1-3-5-7-9-11-13-15-17-19-21-22-24-26-28-30-32-34-36-42(46)41(40-51-52(48,49)50-39-38-44)45-43(47)37-35-33-31-29-27-25-23-20-18-16-14-12-10-8-6-4-2/h20,23,26,28,34,36,41-42,46H,3-19,21-22,24-25,27,29-33,35,37-40,44H2,1-2H3,(H,45,47)(H,48,49)/b23-20-,28-26+,36-34+. The number of amides is 1. The molecule has 0 aliphatic carbocycles. The van der Waals surface area contributed by atoms with Gasteiger partial charge in [-0.25, -0.2) is 4.57 Å². The van der Waals surface area contributed by atoms with Gasteiger partial charge in [-0.05, 0) is 57.8 Å². The van der Waals surface area contributed by atoms with Gasteiger partial charge in [-0.15, -0.1) is 0 Å². The highest BCUT2D eigenvalue weighted by molar-refractivity contribution is 7.47. The average molecular weight is 755 g/mol. The molecule has 0 saturated heterocycles. The van der Waals surface area contributed by atoms with Gasteiger partial charge < -0.3 is 21.1 Å². The third-order valence-corrected chi connectivity index (χ3v) is 10.4. The van der Waals surface area contributed by atoms with Crippen molar-refractivity contribution < 1.29 is 28.4 Å². The van der Waals surface area contributed by atoms with Crippen LogP contribution in [-0.2, 0) is 18.4 Å². The fourth-order valence-electron chi connectivity index (χ4n) is 6.14. The van der Waals surface area contributed by atoms with Crippen LogP contribution in [-0.4, -0.2) is 47.8 Å². The van der Waals surface area contributed by atoms with Crippen molar-refractivity contribution in [3.63, 3.8) is 0 Å². The maximum absolute atomic E-state index is 12.7. The fourth-order valence-corrected chi connectivity index (χ4v) is 6.90. The monoisotopic (exact) mass is 755 g/mol. The number of phosphoric acid groups is 1. The van der Waals surface area contributed by atoms with E-state index in [1.165, 1.54) is 128 Å². The van der Waals surface area contributed by atoms with E-state index in [2.05, 4.69) is 43.5 Å². The first kappa shape index (κ1) is 50.7. The maximum atomic E-state index is 12.7. The largest absolute Gasteiger partial charge is 0.472 e. The molecular formula is C43H83N2O6P. The van der Waals surface area contributed by atoms with Crippen LogP contribution in [0.1, 0.15) is 200 Å². The predicted molar refractivity (Wildman–Crippen MR) is 221 cm³/mol. The summed E-state index contributed by atoms with van der Waals surface area (Å²) in [5, 5.41) is 13.6. The number of allylic oxidation sites excluding steroid dienone is 5. The lowest BCUT2D eigenvalue weighted by Crippen LogP contribution is -2.45. The van der Waals surface area contributed by atoms with Crippen LogP contribution in [0.15, 0.2) is 36.5 Å². The zero-order chi connectivity index (χ0) is 38.2. The average Bonchev–Trinajstić information content (AvgIpc) is 3.13. The van der Waals surface area contributed by atoms with Gasteiger partial charge in [0.15, 0.2) is 0 Å². The molecule has 0 radical (unpaired) electrons. The van der Waals surface area contributed by atoms with Crippen LogP contribution < -0.4 is 11.1 Å². The Morgan fingerprint density at radius 3 is 1.48 bits per heavy atom. The molecule has 0 aromatic heterocycles. The molecule has 1 amide bonds. The third-order valence-electron chi connectivity index (χ3n) is 9.44. The van der Waals surface area contributed by atoms with Crippen LogP contribution in [0.5, 0.6) is 0 Å². The van der Waals surface area contributed by atoms with E-state index in [1.807, 2.05) is 6.08 Å². The van der Waals surface area contributed by atoms with Gasteiger partial charge in [0, 0.05) is 13.0 Å². The number of phosphoric ester groups is 1. The summed E-state index contributed by atoms with van der Waals surface area (Å²) >= 11 is 0. The van der Waals surface area contributed by atoms with Crippen molar-refractivity contribution in [1.82, 2.24) is 5.32 Å². The third kappa shape index (κ3) is 37.1. The smallest absolute Gasteiger partial charge is 0.387 e. The number of hydrogen-bond acceptors (Lipinski definition) is 6. The van der Waals surface area contributed by atoms with Crippen LogP contribution in [0.2, 0.25) is 0 Å². The molecule has 0 bridgehead atoms. The molecule has 0 saturated carbocycles. The zero-order valence-electron chi connectivity index (χ0n) is 33.8. The molecule has 0 aliphatic rings. The molecule has 0 aromatic carbocycles. The highest BCUT2D eigenvalue weighted by Gasteiger charge is 2.26. The van der Waals surface area contributed by atoms with Gasteiger partial charge >= 0.3 is 7.82 Å². The number of rotatable bonds is 40. The molecule has 5 N–H and O–H groups in total. The minimum absolute atomic E-state index is 0.0726. The molecular weight excluding hydrogens is 671 g/mol. The molecule has 0 spiro atoms. The van der Waals surface area contributed by atoms with E-state index >= 15 is 0 Å². The number of aliphatic hydroxyl groups is 1. The van der Waals surface area contributed by atoms with E-state index in [0.717, 1.165) is 51.4 Å². The molecule has 0 aliphatic heterocycles. The van der Waals surface area contributed by atoms with Crippen molar-refractivity contribution in [1.29, 1.82) is 0 Å². The summed E-state index contributed by atoms with van der Waals surface area (Å²) in [4.78, 5) is 22.7. The van der Waals surface area contributed by atoms with Gasteiger partial charge in [-0.1, -0.05) is 172 Å². The number of unbranched alkanes of at least 4 members (excludes halogenated alkanes) is 24. The minimum Gasteiger partial charge on any atom is -0.387 e. The highest BCUT2D eigenvalue weighted by Crippen LogP contribution is 2.43. The second-order valence-corrected chi connectivity index (χ2v) is 16.0. The summed E-state index contributed by atoms with van der Waals surface area (Å²) in [5.74, 6) is -0.213. The van der Waals surface area contributed by atoms with E-state index < -0.39 is 20.0 Å². The van der Waals surface area contributed by atoms with E-state index in [1.54, 1.807) is 6.08 Å². The summed E-state index contributed by atoms with van der Waals surface area (Å²) in [5.41, 5.74) is 5.37. The van der Waals surface area contributed by atoms with Gasteiger partial charge in [0.25, 0.3) is 0 Å². The highest BCUT2D eigenvalue weighted by atomic mass is 31.2. The quantitative estimate of drug-likeness (QED) is 0.0278. The van der Waals surface area contributed by atoms with Gasteiger partial charge in [-0.3, -0.25) is 13.8 Å². The number of carbonyl (C=O) groups is 1. The van der Waals surface area contributed by atoms with Crippen LogP contribution in [0.25, 0.3) is 0 Å². The lowest BCUT2D eigenvalue weighted by atomic mass is 10.1. The van der Waals surface area contributed by atoms with Crippen molar-refractivity contribution >= 4 is 13.7 Å². The fraction of sp³-hybridized carbons (Fsp3) is 0.837. The molecule has 0 heterocycles. The molecule has 3 unspecified atom stereocenters. The maximum Gasteiger partial charge on any atom is 0.472 e. The normalized spacial score (nSPS) is 14.5. The second kappa shape index (κ2) is 39.4. The molecule has 52 heavy (non-hydrogen) atoms. The van der Waals surface area contributed by atoms with Crippen LogP contribution in [0.4, 0.5) is 0 Å². The van der Waals surface area contributed by atoms with E-state index in [9.17, 15) is 19.4 Å². The molecule has 0 fully saturated rings. The minimum atomic E-state index is -4.35. The van der Waals surface area contributed by atoms with Crippen LogP contribution in [0, 0.1) is 0 Å². The van der Waals surface area contributed by atoms with Crippen molar-refractivity contribution in [3.8, 4) is 0 Å². The topological polar surface area (TPSA) is 131 Å². The van der Waals surface area contributed by atoms with Crippen molar-refractivity contribution in [2.75, 3.05) is 19.8 Å². The van der Waals surface area contributed by atoms with Gasteiger partial charge in [0.2, 0.25) is 5.91 Å². The van der Waals surface area contributed by atoms with Gasteiger partial charge in [-0.2, -0.15) is 0 Å². The predicted octanol–water partition coefficient (Wildman–Crippen LogP) is 11.9. The Morgan fingerprint density at radius 2 is 1.02 bits per heavy atom. The Morgan fingerprint density at radius 1 is 0.615 bits per heavy atom. The number of nitrogens with two attached hydrogens (primary N) is 1. The second-order valence-electron chi connectivity index (χ2n) is 14.5. The summed E-state index contributed by atoms with van der Waals surface area (Å²) in [6, 6.07) is -0.879. The lowest BCUT2D eigenvalue weighted by molar-refractivity contribution is -0.123. The Kier molecular flexibility index (Phi) is 38.4. The van der Waals surface area contributed by atoms with Gasteiger partial charge in [0.1, 0.15) is 0 Å². The molecule has 0 rings (SSSR count). The summed E-state index contributed by atoms with van der Waals surface area (Å²) < 4.78 is 22.1. The van der Waals surface area contributed by atoms with E-state index in [4.69, 9.17) is 14.8 Å². The molecule has 8 nitrogen and oxygen atoms in total. The van der Waals surface area contributed by atoms with Crippen molar-refractivity contribution in [2.24, 2.45) is 5.73 Å². The molecule has 3 atom stereocenters. The summed E-state index contributed by atoms with van der Waals surface area (Å²) in [6.07, 6.45) is 46.2. The number of hydrogen-bond donors (Lipinski definition) is 4. The number of aliphatic hydroxyl groups excluding tert-OH is 1. The Hall–Kier alpha value is -1.28. The Bertz CT molecular complexity index is 912. The molecule has 306 valence electrons. The SMILES string of the molecule is CCCCCCCCC/C=C\CCCCCCCC(=O)NC(COP(=O)(O)OCCN)C(O)/C=C/CC/C=C/CCCCCCCCCCCCC. The lowest BCUT2D eigenvalue weighted by Gasteiger charge is -2.23. The first-order valence-electron chi connectivity index (χ1n) is 21.6. The molecule has 0 aromatic rings. The Balaban J connectivity index is 4.29. The van der Waals surface area contributed by atoms with Crippen molar-refractivity contribution in [2.45, 2.75) is 212 Å². The first-order chi connectivity index (χ1) is 25.4. The number of carbonyl (C=O) groups excluding carboxylic acids is 1. The van der Waals surface area contributed by atoms with E-state index in [0.29, 0.717) is 6.42 Å². The Labute approximate surface area is 320 Å². The van der Waals surface area contributed by atoms with Crippen LogP contribution in [0.3, 0.4) is 0 Å².